The lowest BCUT2D eigenvalue weighted by atomic mass is 9.90. The fourth-order valence-electron chi connectivity index (χ4n) is 5.59. The predicted molar refractivity (Wildman–Crippen MR) is 145 cm³/mol. The summed E-state index contributed by atoms with van der Waals surface area (Å²) >= 11 is 6.04. The van der Waals surface area contributed by atoms with Crippen molar-refractivity contribution < 1.29 is 10.9 Å². The van der Waals surface area contributed by atoms with E-state index in [1.807, 2.05) is 24.3 Å². The third-order valence-electron chi connectivity index (χ3n) is 7.65. The summed E-state index contributed by atoms with van der Waals surface area (Å²) < 4.78 is 14.8. The van der Waals surface area contributed by atoms with Crippen LogP contribution < -0.4 is 14.8 Å². The van der Waals surface area contributed by atoms with Crippen LogP contribution in [-0.2, 0) is 13.2 Å². The zero-order valence-electron chi connectivity index (χ0n) is 20.7. The molecule has 5 nitrogen and oxygen atoms in total. The summed E-state index contributed by atoms with van der Waals surface area (Å²) in [6, 6.07) is 13.9. The van der Waals surface area contributed by atoms with E-state index < -0.39 is 0 Å². The van der Waals surface area contributed by atoms with Crippen molar-refractivity contribution in [2.75, 3.05) is 19.7 Å². The van der Waals surface area contributed by atoms with Gasteiger partial charge in [0.25, 0.3) is 0 Å². The first kappa shape index (κ1) is 24.5. The molecule has 5 rings (SSSR count). The van der Waals surface area contributed by atoms with E-state index in [2.05, 4.69) is 28.1 Å². The van der Waals surface area contributed by atoms with Crippen molar-refractivity contribution in [1.82, 2.24) is 14.9 Å². The number of hydrogen-bond acceptors (Lipinski definition) is 4. The Balaban J connectivity index is 0.00000304. The van der Waals surface area contributed by atoms with Crippen molar-refractivity contribution in [1.29, 1.82) is 0 Å². The number of hydrogen-bond donors (Lipinski definition) is 1. The zero-order valence-corrected chi connectivity index (χ0v) is 21.4. The Kier molecular flexibility index (Phi) is 8.48. The zero-order chi connectivity index (χ0) is 23.9. The number of rotatable bonds is 10. The molecule has 2 fully saturated rings. The molecule has 35 heavy (non-hydrogen) atoms. The maximum Gasteiger partial charge on any atom is 0.148 e. The van der Waals surface area contributed by atoms with Gasteiger partial charge in [-0.15, -0.1) is 0 Å². The lowest BCUT2D eigenvalue weighted by Gasteiger charge is -2.22. The van der Waals surface area contributed by atoms with Crippen LogP contribution in [0.2, 0.25) is 5.02 Å². The second-order valence-electron chi connectivity index (χ2n) is 10.2. The monoisotopic (exact) mass is 497 g/mol. The summed E-state index contributed by atoms with van der Waals surface area (Å²) in [5.41, 5.74) is 2.10. The van der Waals surface area contributed by atoms with Crippen LogP contribution in [0.3, 0.4) is 0 Å². The molecule has 1 aliphatic heterocycles. The first-order valence-electron chi connectivity index (χ1n) is 13.5. The van der Waals surface area contributed by atoms with Gasteiger partial charge in [0.15, 0.2) is 0 Å². The van der Waals surface area contributed by atoms with Gasteiger partial charge < -0.3 is 19.4 Å². The number of piperidine rings is 1. The molecule has 2 aromatic carbocycles. The highest BCUT2D eigenvalue weighted by atomic mass is 35.5. The Hall–Kier alpha value is -2.24. The van der Waals surface area contributed by atoms with E-state index in [0.29, 0.717) is 17.5 Å². The van der Waals surface area contributed by atoms with Crippen LogP contribution in [-0.4, -0.2) is 29.2 Å². The van der Waals surface area contributed by atoms with Crippen molar-refractivity contribution in [2.45, 2.75) is 70.9 Å². The SMILES string of the molecule is Clc1ccc(OCc2nc3c(OCC4CCCCC4)cccc3n2CCCC2CCNCC2)cc1.[HH]. The van der Waals surface area contributed by atoms with Crippen LogP contribution in [0.15, 0.2) is 42.5 Å². The second-order valence-corrected chi connectivity index (χ2v) is 10.6. The van der Waals surface area contributed by atoms with Crippen molar-refractivity contribution in [3.05, 3.63) is 53.3 Å². The smallest absolute Gasteiger partial charge is 0.148 e. The van der Waals surface area contributed by atoms with Crippen molar-refractivity contribution >= 4 is 22.6 Å². The molecule has 190 valence electrons. The number of aromatic nitrogens is 2. The minimum Gasteiger partial charge on any atom is -0.491 e. The number of halogens is 1. The molecule has 2 aliphatic rings. The highest BCUT2D eigenvalue weighted by Gasteiger charge is 2.19. The molecule has 1 aliphatic carbocycles. The minimum absolute atomic E-state index is 0. The third-order valence-corrected chi connectivity index (χ3v) is 7.91. The Labute approximate surface area is 215 Å². The van der Waals surface area contributed by atoms with E-state index in [-0.39, 0.29) is 1.43 Å². The number of aryl methyl sites for hydroxylation is 1. The summed E-state index contributed by atoms with van der Waals surface area (Å²) in [5.74, 6) is 4.15. The predicted octanol–water partition coefficient (Wildman–Crippen LogP) is 7.25. The quantitative estimate of drug-likeness (QED) is 0.320. The number of para-hydroxylation sites is 1. The number of nitrogens with one attached hydrogen (secondary N) is 1. The highest BCUT2D eigenvalue weighted by molar-refractivity contribution is 6.30. The Morgan fingerprint density at radius 3 is 2.54 bits per heavy atom. The number of ether oxygens (including phenoxy) is 2. The Bertz CT molecular complexity index is 1080. The Morgan fingerprint density at radius 1 is 0.943 bits per heavy atom. The molecule has 1 saturated carbocycles. The Morgan fingerprint density at radius 2 is 1.74 bits per heavy atom. The maximum atomic E-state index is 6.36. The van der Waals surface area contributed by atoms with Gasteiger partial charge in [0.05, 0.1) is 12.1 Å². The normalized spacial score (nSPS) is 17.6. The molecule has 1 saturated heterocycles. The van der Waals surface area contributed by atoms with Gasteiger partial charge >= 0.3 is 0 Å². The number of benzene rings is 2. The fraction of sp³-hybridized carbons (Fsp3) is 0.552. The van der Waals surface area contributed by atoms with Crippen LogP contribution in [0.4, 0.5) is 0 Å². The molecule has 0 amide bonds. The largest absolute Gasteiger partial charge is 0.491 e. The summed E-state index contributed by atoms with van der Waals surface area (Å²) in [6.45, 7) is 4.47. The number of nitrogens with zero attached hydrogens (tertiary/aromatic N) is 2. The van der Waals surface area contributed by atoms with E-state index in [0.717, 1.165) is 66.9 Å². The lowest BCUT2D eigenvalue weighted by Crippen LogP contribution is -2.27. The molecule has 2 heterocycles. The topological polar surface area (TPSA) is 48.3 Å². The first-order valence-corrected chi connectivity index (χ1v) is 13.8. The van der Waals surface area contributed by atoms with Crippen LogP contribution in [0.5, 0.6) is 11.5 Å². The molecule has 6 heteroatoms. The lowest BCUT2D eigenvalue weighted by molar-refractivity contribution is 0.210. The van der Waals surface area contributed by atoms with Crippen LogP contribution >= 0.6 is 11.6 Å². The number of fused-ring (bicyclic) bond motifs is 1. The summed E-state index contributed by atoms with van der Waals surface area (Å²) in [7, 11) is 0. The van der Waals surface area contributed by atoms with Crippen LogP contribution in [0.1, 0.15) is 65.0 Å². The second kappa shape index (κ2) is 12.1. The van der Waals surface area contributed by atoms with Gasteiger partial charge in [0.2, 0.25) is 0 Å². The van der Waals surface area contributed by atoms with Crippen LogP contribution in [0.25, 0.3) is 11.0 Å². The summed E-state index contributed by atoms with van der Waals surface area (Å²) in [5, 5.41) is 4.19. The molecule has 1 N–H and O–H groups in total. The maximum absolute atomic E-state index is 6.36. The minimum atomic E-state index is 0. The van der Waals surface area contributed by atoms with E-state index >= 15 is 0 Å². The first-order chi connectivity index (χ1) is 17.3. The molecule has 1 aromatic heterocycles. The molecule has 0 spiro atoms. The molecule has 0 radical (unpaired) electrons. The standard InChI is InChI=1S/C29H38ClN3O2.H2/c30-24-11-13-25(14-12-24)34-21-28-32-29-26(33(28)19-5-8-22-15-17-31-18-16-22)9-4-10-27(29)35-20-23-6-2-1-3-7-23;/h4,9-14,22-23,31H,1-3,5-8,15-21H2;1H. The van der Waals surface area contributed by atoms with Crippen molar-refractivity contribution in [2.24, 2.45) is 11.8 Å². The highest BCUT2D eigenvalue weighted by Crippen LogP contribution is 2.30. The molecule has 3 aromatic rings. The van der Waals surface area contributed by atoms with Gasteiger partial charge in [-0.2, -0.15) is 0 Å². The van der Waals surface area contributed by atoms with Gasteiger partial charge in [-0.1, -0.05) is 36.9 Å². The van der Waals surface area contributed by atoms with Gasteiger partial charge in [-0.3, -0.25) is 0 Å². The van der Waals surface area contributed by atoms with E-state index in [9.17, 15) is 0 Å². The molecular weight excluding hydrogens is 458 g/mol. The van der Waals surface area contributed by atoms with Gasteiger partial charge in [-0.25, -0.2) is 4.98 Å². The molecule has 0 bridgehead atoms. The average molecular weight is 498 g/mol. The van der Waals surface area contributed by atoms with Crippen LogP contribution in [0, 0.1) is 11.8 Å². The van der Waals surface area contributed by atoms with Crippen molar-refractivity contribution in [3.8, 4) is 11.5 Å². The third kappa shape index (κ3) is 6.50. The van der Waals surface area contributed by atoms with Crippen molar-refractivity contribution in [3.63, 3.8) is 0 Å². The average Bonchev–Trinajstić information content (AvgIpc) is 3.26. The molecular formula is C29H40ClN3O2. The van der Waals surface area contributed by atoms with E-state index in [4.69, 9.17) is 26.1 Å². The molecule has 0 atom stereocenters. The number of imidazole rings is 1. The summed E-state index contributed by atoms with van der Waals surface area (Å²) in [6.07, 6.45) is 11.6. The van der Waals surface area contributed by atoms with E-state index in [1.54, 1.807) is 0 Å². The summed E-state index contributed by atoms with van der Waals surface area (Å²) in [4.78, 5) is 5.05. The molecule has 0 unspecified atom stereocenters. The fourth-order valence-corrected chi connectivity index (χ4v) is 5.72. The van der Waals surface area contributed by atoms with E-state index in [1.165, 1.54) is 51.4 Å². The van der Waals surface area contributed by atoms with Gasteiger partial charge in [0.1, 0.15) is 29.4 Å². The van der Waals surface area contributed by atoms with Gasteiger partial charge in [-0.05, 0) is 99.8 Å². The van der Waals surface area contributed by atoms with Gasteiger partial charge in [0, 0.05) is 13.0 Å².